The average Bonchev–Trinajstić information content (AvgIpc) is 2.89. The number of hydrogen-bond donors (Lipinski definition) is 0. The summed E-state index contributed by atoms with van der Waals surface area (Å²) in [6, 6.07) is -0.0723. The number of fused-ring (bicyclic) bond motifs is 1. The highest BCUT2D eigenvalue weighted by Gasteiger charge is 2.29. The van der Waals surface area contributed by atoms with E-state index in [1.807, 2.05) is 19.2 Å². The van der Waals surface area contributed by atoms with Crippen LogP contribution < -0.4 is 9.21 Å². The second-order valence-electron chi connectivity index (χ2n) is 6.38. The first-order valence-corrected chi connectivity index (χ1v) is 11.1. The van der Waals surface area contributed by atoms with Crippen molar-refractivity contribution in [2.24, 2.45) is 0 Å². The highest BCUT2D eigenvalue weighted by molar-refractivity contribution is 7.92. The molecule has 0 radical (unpaired) electrons. The molecule has 2 aromatic rings. The van der Waals surface area contributed by atoms with E-state index in [9.17, 15) is 8.42 Å². The first-order chi connectivity index (χ1) is 11.7. The Kier molecular flexibility index (Phi) is 5.11. The molecule has 10 heteroatoms. The summed E-state index contributed by atoms with van der Waals surface area (Å²) in [6.45, 7) is 7.66. The van der Waals surface area contributed by atoms with Gasteiger partial charge in [-0.05, 0) is 32.4 Å². The van der Waals surface area contributed by atoms with Crippen LogP contribution in [0.1, 0.15) is 20.8 Å². The van der Waals surface area contributed by atoms with Crippen molar-refractivity contribution in [2.45, 2.75) is 32.9 Å². The normalized spacial score (nSPS) is 19.0. The van der Waals surface area contributed by atoms with Gasteiger partial charge in [-0.1, -0.05) is 0 Å². The number of sulfonamides is 1. The predicted molar refractivity (Wildman–Crippen MR) is 103 cm³/mol. The molecular formula is C15H21ClN4O3S2. The average molecular weight is 405 g/mol. The highest BCUT2D eigenvalue weighted by atomic mass is 35.5. The van der Waals surface area contributed by atoms with Gasteiger partial charge in [0.05, 0.1) is 35.9 Å². The summed E-state index contributed by atoms with van der Waals surface area (Å²) in [5.41, 5.74) is 1.11. The first kappa shape index (κ1) is 18.6. The van der Waals surface area contributed by atoms with Gasteiger partial charge in [0.15, 0.2) is 5.82 Å². The Morgan fingerprint density at radius 1 is 1.44 bits per heavy atom. The van der Waals surface area contributed by atoms with E-state index < -0.39 is 10.0 Å². The quantitative estimate of drug-likeness (QED) is 0.729. The summed E-state index contributed by atoms with van der Waals surface area (Å²) < 4.78 is 32.2. The summed E-state index contributed by atoms with van der Waals surface area (Å²) in [7, 11) is -3.44. The summed E-state index contributed by atoms with van der Waals surface area (Å²) >= 11 is 7.61. The number of rotatable bonds is 4. The molecule has 25 heavy (non-hydrogen) atoms. The van der Waals surface area contributed by atoms with Crippen molar-refractivity contribution < 1.29 is 13.2 Å². The van der Waals surface area contributed by atoms with E-state index in [1.54, 1.807) is 0 Å². The SMILES string of the molecule is CC(C)N(c1csc2c(N3CCOC[C@H]3C)nc(Cl)nc12)S(C)(=O)=O. The van der Waals surface area contributed by atoms with E-state index in [2.05, 4.69) is 21.8 Å². The zero-order chi connectivity index (χ0) is 18.4. The smallest absolute Gasteiger partial charge is 0.232 e. The van der Waals surface area contributed by atoms with Crippen molar-refractivity contribution in [3.05, 3.63) is 10.7 Å². The lowest BCUT2D eigenvalue weighted by Crippen LogP contribution is -2.44. The number of halogens is 1. The summed E-state index contributed by atoms with van der Waals surface area (Å²) in [5.74, 6) is 0.735. The lowest BCUT2D eigenvalue weighted by Gasteiger charge is -2.34. The van der Waals surface area contributed by atoms with Gasteiger partial charge in [0.2, 0.25) is 15.3 Å². The fraction of sp³-hybridized carbons (Fsp3) is 0.600. The Balaban J connectivity index is 2.19. The largest absolute Gasteiger partial charge is 0.377 e. The fourth-order valence-corrected chi connectivity index (χ4v) is 5.58. The predicted octanol–water partition coefficient (Wildman–Crippen LogP) is 2.74. The van der Waals surface area contributed by atoms with E-state index in [0.29, 0.717) is 31.0 Å². The molecule has 0 N–H and O–H groups in total. The van der Waals surface area contributed by atoms with Crippen molar-refractivity contribution in [3.8, 4) is 0 Å². The van der Waals surface area contributed by atoms with Crippen LogP contribution in [0.25, 0.3) is 10.2 Å². The van der Waals surface area contributed by atoms with Crippen LogP contribution in [0.2, 0.25) is 5.28 Å². The molecule has 0 aromatic carbocycles. The molecule has 1 atom stereocenters. The van der Waals surface area contributed by atoms with Crippen molar-refractivity contribution in [3.63, 3.8) is 0 Å². The van der Waals surface area contributed by atoms with Gasteiger partial charge >= 0.3 is 0 Å². The Morgan fingerprint density at radius 3 is 2.76 bits per heavy atom. The maximum absolute atomic E-state index is 12.3. The third-order valence-electron chi connectivity index (χ3n) is 4.05. The highest BCUT2D eigenvalue weighted by Crippen LogP contribution is 2.39. The molecule has 3 heterocycles. The van der Waals surface area contributed by atoms with Crippen molar-refractivity contribution in [2.75, 3.05) is 35.2 Å². The Bertz CT molecular complexity index is 884. The topological polar surface area (TPSA) is 75.6 Å². The summed E-state index contributed by atoms with van der Waals surface area (Å²) in [6.07, 6.45) is 1.20. The monoisotopic (exact) mass is 404 g/mol. The van der Waals surface area contributed by atoms with Gasteiger partial charge in [0.1, 0.15) is 5.52 Å². The second-order valence-corrected chi connectivity index (χ2v) is 9.46. The number of hydrogen-bond acceptors (Lipinski definition) is 7. The minimum absolute atomic E-state index is 0.109. The number of nitrogens with zero attached hydrogens (tertiary/aromatic N) is 4. The van der Waals surface area contributed by atoms with Crippen molar-refractivity contribution in [1.82, 2.24) is 9.97 Å². The maximum Gasteiger partial charge on any atom is 0.232 e. The Hall–Kier alpha value is -1.16. The van der Waals surface area contributed by atoms with E-state index in [0.717, 1.165) is 10.5 Å². The van der Waals surface area contributed by atoms with Crippen LogP contribution in [-0.4, -0.2) is 56.5 Å². The fourth-order valence-electron chi connectivity index (χ4n) is 3.10. The van der Waals surface area contributed by atoms with Gasteiger partial charge in [-0.15, -0.1) is 11.3 Å². The van der Waals surface area contributed by atoms with E-state index >= 15 is 0 Å². The van der Waals surface area contributed by atoms with Gasteiger partial charge in [-0.3, -0.25) is 4.31 Å². The minimum Gasteiger partial charge on any atom is -0.377 e. The van der Waals surface area contributed by atoms with Crippen LogP contribution in [-0.2, 0) is 14.8 Å². The molecule has 2 aromatic heterocycles. The number of thiophene rings is 1. The molecular weight excluding hydrogens is 384 g/mol. The van der Waals surface area contributed by atoms with E-state index in [-0.39, 0.29) is 17.4 Å². The van der Waals surface area contributed by atoms with Crippen LogP contribution in [0, 0.1) is 0 Å². The standard InChI is InChI=1S/C15H21ClN4O3S2/c1-9(2)20(25(4,21)22)11-8-24-13-12(11)17-15(16)18-14(13)19-5-6-23-7-10(19)3/h8-10H,5-7H2,1-4H3/t10-/m1/s1. The van der Waals surface area contributed by atoms with Crippen LogP contribution in [0.3, 0.4) is 0 Å². The molecule has 0 unspecified atom stereocenters. The van der Waals surface area contributed by atoms with E-state index in [1.165, 1.54) is 21.9 Å². The van der Waals surface area contributed by atoms with Gasteiger partial charge in [0.25, 0.3) is 0 Å². The molecule has 0 aliphatic carbocycles. The van der Waals surface area contributed by atoms with Crippen LogP contribution >= 0.6 is 22.9 Å². The minimum atomic E-state index is -3.44. The zero-order valence-electron chi connectivity index (χ0n) is 14.6. The molecule has 3 rings (SSSR count). The molecule has 7 nitrogen and oxygen atoms in total. The molecule has 1 saturated heterocycles. The Labute approximate surface area is 156 Å². The zero-order valence-corrected chi connectivity index (χ0v) is 17.0. The van der Waals surface area contributed by atoms with Crippen LogP contribution in [0.5, 0.6) is 0 Å². The Morgan fingerprint density at radius 2 is 2.16 bits per heavy atom. The van der Waals surface area contributed by atoms with Crippen LogP contribution in [0.4, 0.5) is 11.5 Å². The van der Waals surface area contributed by atoms with Gasteiger partial charge in [0, 0.05) is 18.0 Å². The second kappa shape index (κ2) is 6.86. The number of ether oxygens (including phenoxy) is 1. The lowest BCUT2D eigenvalue weighted by atomic mass is 10.2. The third-order valence-corrected chi connectivity index (χ3v) is 6.51. The molecule has 1 fully saturated rings. The van der Waals surface area contributed by atoms with Gasteiger partial charge in [-0.25, -0.2) is 13.4 Å². The van der Waals surface area contributed by atoms with Crippen molar-refractivity contribution >= 4 is 54.7 Å². The number of anilines is 2. The maximum atomic E-state index is 12.3. The number of morpholine rings is 1. The van der Waals surface area contributed by atoms with Gasteiger partial charge < -0.3 is 9.64 Å². The molecule has 1 aliphatic rings. The number of aromatic nitrogens is 2. The first-order valence-electron chi connectivity index (χ1n) is 7.98. The molecule has 0 bridgehead atoms. The van der Waals surface area contributed by atoms with Crippen LogP contribution in [0.15, 0.2) is 5.38 Å². The molecule has 1 aliphatic heterocycles. The summed E-state index contributed by atoms with van der Waals surface area (Å²) in [5, 5.41) is 1.92. The molecule has 0 amide bonds. The van der Waals surface area contributed by atoms with E-state index in [4.69, 9.17) is 16.3 Å². The molecule has 0 saturated carbocycles. The molecule has 0 spiro atoms. The van der Waals surface area contributed by atoms with Crippen molar-refractivity contribution in [1.29, 1.82) is 0 Å². The van der Waals surface area contributed by atoms with Gasteiger partial charge in [-0.2, -0.15) is 4.98 Å². The molecule has 138 valence electrons. The lowest BCUT2D eigenvalue weighted by molar-refractivity contribution is 0.0987. The summed E-state index contributed by atoms with van der Waals surface area (Å²) in [4.78, 5) is 10.9. The third kappa shape index (κ3) is 3.55.